The van der Waals surface area contributed by atoms with Crippen molar-refractivity contribution in [1.82, 2.24) is 25.9 Å². The topological polar surface area (TPSA) is 192 Å². The van der Waals surface area contributed by atoms with E-state index in [4.69, 9.17) is 9.47 Å². The molecule has 13 heteroatoms. The van der Waals surface area contributed by atoms with Gasteiger partial charge in [0.15, 0.2) is 0 Å². The van der Waals surface area contributed by atoms with Crippen molar-refractivity contribution in [3.8, 4) is 11.5 Å². The molecule has 0 radical (unpaired) electrons. The van der Waals surface area contributed by atoms with E-state index in [2.05, 4.69) is 25.9 Å². The van der Waals surface area contributed by atoms with Crippen LogP contribution in [-0.4, -0.2) is 68.8 Å². The SMILES string of the molecule is CCOC(=O)[C@H](Cc1ccc(O)cc1)NC(=O)[C@@H](Cc1ccc(O)cc1)NC(=O)[C@H](Cc1cnc[nH]1)NC(=O)OCc1ccccc1. The number of hydrogen-bond acceptors (Lipinski definition) is 9. The molecule has 4 aromatic rings. The molecule has 0 aliphatic carbocycles. The summed E-state index contributed by atoms with van der Waals surface area (Å²) in [5.74, 6) is -1.99. The quantitative estimate of drug-likeness (QED) is 0.106. The van der Waals surface area contributed by atoms with Gasteiger partial charge in [0, 0.05) is 31.2 Å². The molecule has 0 fully saturated rings. The number of benzene rings is 3. The molecule has 13 nitrogen and oxygen atoms in total. The highest BCUT2D eigenvalue weighted by atomic mass is 16.5. The lowest BCUT2D eigenvalue weighted by Gasteiger charge is -2.25. The number of phenols is 2. The van der Waals surface area contributed by atoms with E-state index in [0.717, 1.165) is 5.56 Å². The van der Waals surface area contributed by atoms with Crippen molar-refractivity contribution >= 4 is 23.9 Å². The molecule has 0 bridgehead atoms. The van der Waals surface area contributed by atoms with Crippen LogP contribution in [-0.2, 0) is 49.7 Å². The summed E-state index contributed by atoms with van der Waals surface area (Å²) in [6, 6.07) is 17.8. The summed E-state index contributed by atoms with van der Waals surface area (Å²) in [6.07, 6.45) is 2.15. The van der Waals surface area contributed by atoms with E-state index in [0.29, 0.717) is 16.8 Å². The monoisotopic (exact) mass is 643 g/mol. The molecular weight excluding hydrogens is 606 g/mol. The van der Waals surface area contributed by atoms with Gasteiger partial charge < -0.3 is 40.6 Å². The third-order valence-electron chi connectivity index (χ3n) is 7.07. The first kappa shape index (κ1) is 34.0. The number of phenolic OH excluding ortho intramolecular Hbond substituents is 2. The lowest BCUT2D eigenvalue weighted by atomic mass is 10.0. The minimum Gasteiger partial charge on any atom is -0.508 e. The van der Waals surface area contributed by atoms with Crippen LogP contribution < -0.4 is 16.0 Å². The van der Waals surface area contributed by atoms with Crippen LogP contribution in [0, 0.1) is 0 Å². The molecule has 3 atom stereocenters. The molecule has 47 heavy (non-hydrogen) atoms. The predicted octanol–water partition coefficient (Wildman–Crippen LogP) is 2.68. The second-order valence-electron chi connectivity index (χ2n) is 10.7. The molecule has 1 aromatic heterocycles. The van der Waals surface area contributed by atoms with Crippen LogP contribution in [0.15, 0.2) is 91.4 Å². The van der Waals surface area contributed by atoms with Crippen molar-refractivity contribution in [2.24, 2.45) is 0 Å². The number of hydrogen-bond donors (Lipinski definition) is 6. The van der Waals surface area contributed by atoms with E-state index >= 15 is 0 Å². The van der Waals surface area contributed by atoms with Crippen LogP contribution in [0.5, 0.6) is 11.5 Å². The number of carbonyl (C=O) groups excluding carboxylic acids is 4. The molecular formula is C34H37N5O8. The average molecular weight is 644 g/mol. The summed E-state index contributed by atoms with van der Waals surface area (Å²) in [4.78, 5) is 60.0. The van der Waals surface area contributed by atoms with Crippen molar-refractivity contribution in [1.29, 1.82) is 0 Å². The molecule has 0 saturated heterocycles. The van der Waals surface area contributed by atoms with Crippen molar-refractivity contribution < 1.29 is 38.9 Å². The fourth-order valence-electron chi connectivity index (χ4n) is 4.66. The number of alkyl carbamates (subject to hydrolysis) is 1. The summed E-state index contributed by atoms with van der Waals surface area (Å²) in [7, 11) is 0. The number of carbonyl (C=O) groups is 4. The summed E-state index contributed by atoms with van der Waals surface area (Å²) in [5, 5.41) is 27.4. The molecule has 3 amide bonds. The smallest absolute Gasteiger partial charge is 0.408 e. The van der Waals surface area contributed by atoms with Crippen molar-refractivity contribution in [3.63, 3.8) is 0 Å². The molecule has 4 rings (SSSR count). The van der Waals surface area contributed by atoms with Crippen molar-refractivity contribution in [2.75, 3.05) is 6.61 Å². The molecule has 0 unspecified atom stereocenters. The first-order chi connectivity index (χ1) is 22.7. The number of amides is 3. The molecule has 0 aliphatic heterocycles. The minimum absolute atomic E-state index is 0.00607. The van der Waals surface area contributed by atoms with Gasteiger partial charge in [-0.15, -0.1) is 0 Å². The average Bonchev–Trinajstić information content (AvgIpc) is 3.58. The summed E-state index contributed by atoms with van der Waals surface area (Å²) in [5.41, 5.74) is 2.56. The van der Waals surface area contributed by atoms with Crippen LogP contribution in [0.2, 0.25) is 0 Å². The van der Waals surface area contributed by atoms with Gasteiger partial charge in [-0.3, -0.25) is 9.59 Å². The Balaban J connectivity index is 1.53. The van der Waals surface area contributed by atoms with Crippen LogP contribution in [0.3, 0.4) is 0 Å². The summed E-state index contributed by atoms with van der Waals surface area (Å²) in [6.45, 7) is 1.70. The number of nitrogens with zero attached hydrogens (tertiary/aromatic N) is 1. The Kier molecular flexibility index (Phi) is 12.3. The summed E-state index contributed by atoms with van der Waals surface area (Å²) >= 11 is 0. The Bertz CT molecular complexity index is 1600. The third kappa shape index (κ3) is 10.9. The standard InChI is InChI=1S/C34H37N5O8/c1-2-46-33(44)30(17-23-10-14-27(41)15-11-23)38-31(42)28(16-22-8-12-26(40)13-9-22)37-32(43)29(18-25-19-35-21-36-25)39-34(45)47-20-24-6-4-3-5-7-24/h3-15,19,21,28-30,40-41H,2,16-18,20H2,1H3,(H,35,36)(H,37,43)(H,38,42)(H,39,45)/t28-,29+,30+/m1/s1. The highest BCUT2D eigenvalue weighted by molar-refractivity contribution is 5.93. The second-order valence-corrected chi connectivity index (χ2v) is 10.7. The van der Waals surface area contributed by atoms with Gasteiger partial charge in [0.25, 0.3) is 0 Å². The molecule has 3 aromatic carbocycles. The summed E-state index contributed by atoms with van der Waals surface area (Å²) < 4.78 is 10.5. The second kappa shape index (κ2) is 17.0. The van der Waals surface area contributed by atoms with Crippen LogP contribution in [0.25, 0.3) is 0 Å². The Labute approximate surface area is 271 Å². The molecule has 1 heterocycles. The number of aromatic nitrogens is 2. The van der Waals surface area contributed by atoms with E-state index < -0.39 is 42.0 Å². The number of aromatic hydroxyl groups is 2. The number of ether oxygens (including phenoxy) is 2. The number of rotatable bonds is 15. The van der Waals surface area contributed by atoms with Gasteiger partial charge in [0.1, 0.15) is 36.2 Å². The van der Waals surface area contributed by atoms with Crippen LogP contribution in [0.1, 0.15) is 29.3 Å². The van der Waals surface area contributed by atoms with Crippen molar-refractivity contribution in [2.45, 2.75) is 50.9 Å². The minimum atomic E-state index is -1.21. The zero-order valence-corrected chi connectivity index (χ0v) is 25.7. The molecule has 246 valence electrons. The Morgan fingerprint density at radius 2 is 1.26 bits per heavy atom. The van der Waals surface area contributed by atoms with Gasteiger partial charge in [-0.2, -0.15) is 0 Å². The first-order valence-electron chi connectivity index (χ1n) is 15.0. The zero-order chi connectivity index (χ0) is 33.6. The van der Waals surface area contributed by atoms with Gasteiger partial charge in [0.2, 0.25) is 11.8 Å². The van der Waals surface area contributed by atoms with Gasteiger partial charge in [-0.1, -0.05) is 54.6 Å². The number of aromatic amines is 1. The van der Waals surface area contributed by atoms with Crippen LogP contribution in [0.4, 0.5) is 4.79 Å². The fraction of sp³-hybridized carbons (Fsp3) is 0.265. The van der Waals surface area contributed by atoms with E-state index in [1.165, 1.54) is 36.8 Å². The maximum absolute atomic E-state index is 13.8. The number of H-pyrrole nitrogens is 1. The molecule has 6 N–H and O–H groups in total. The van der Waals surface area contributed by atoms with E-state index in [9.17, 15) is 29.4 Å². The number of nitrogens with one attached hydrogen (secondary N) is 4. The molecule has 0 saturated carbocycles. The highest BCUT2D eigenvalue weighted by Crippen LogP contribution is 2.14. The Morgan fingerprint density at radius 1 is 0.702 bits per heavy atom. The van der Waals surface area contributed by atoms with Crippen LogP contribution >= 0.6 is 0 Å². The van der Waals surface area contributed by atoms with Gasteiger partial charge >= 0.3 is 12.1 Å². The van der Waals surface area contributed by atoms with Gasteiger partial charge in [0.05, 0.1) is 12.9 Å². The van der Waals surface area contributed by atoms with E-state index in [1.54, 1.807) is 43.3 Å². The highest BCUT2D eigenvalue weighted by Gasteiger charge is 2.31. The van der Waals surface area contributed by atoms with Gasteiger partial charge in [-0.05, 0) is 47.9 Å². The van der Waals surface area contributed by atoms with Crippen molar-refractivity contribution in [3.05, 3.63) is 114 Å². The molecule has 0 spiro atoms. The zero-order valence-electron chi connectivity index (χ0n) is 25.7. The van der Waals surface area contributed by atoms with E-state index in [1.807, 2.05) is 18.2 Å². The fourth-order valence-corrected chi connectivity index (χ4v) is 4.66. The maximum Gasteiger partial charge on any atom is 0.408 e. The predicted molar refractivity (Wildman–Crippen MR) is 170 cm³/mol. The van der Waals surface area contributed by atoms with Gasteiger partial charge in [-0.25, -0.2) is 14.6 Å². The number of imidazole rings is 1. The molecule has 0 aliphatic rings. The third-order valence-corrected chi connectivity index (χ3v) is 7.07. The Hall–Kier alpha value is -5.85. The lowest BCUT2D eigenvalue weighted by molar-refractivity contribution is -0.147. The first-order valence-corrected chi connectivity index (χ1v) is 15.0. The number of esters is 1. The largest absolute Gasteiger partial charge is 0.508 e. The van der Waals surface area contributed by atoms with E-state index in [-0.39, 0.29) is 44.0 Å². The maximum atomic E-state index is 13.8. The lowest BCUT2D eigenvalue weighted by Crippen LogP contribution is -2.57. The normalized spacial score (nSPS) is 12.6. The Morgan fingerprint density at radius 3 is 1.81 bits per heavy atom.